The van der Waals surface area contributed by atoms with Crippen molar-refractivity contribution in [2.75, 3.05) is 7.05 Å². The second kappa shape index (κ2) is 9.50. The molecule has 1 atom stereocenters. The maximum Gasteiger partial charge on any atom is 0.326 e. The summed E-state index contributed by atoms with van der Waals surface area (Å²) in [6.07, 6.45) is 0.241. The van der Waals surface area contributed by atoms with Gasteiger partial charge in [0.05, 0.1) is 11.4 Å². The average Bonchev–Trinajstić information content (AvgIpc) is 3.37. The van der Waals surface area contributed by atoms with Crippen molar-refractivity contribution in [1.29, 1.82) is 0 Å². The van der Waals surface area contributed by atoms with E-state index in [1.54, 1.807) is 42.1 Å². The number of carbonyl (C=O) groups excluding carboxylic acids is 2. The van der Waals surface area contributed by atoms with Crippen LogP contribution in [0.3, 0.4) is 0 Å². The Kier molecular flexibility index (Phi) is 6.08. The summed E-state index contributed by atoms with van der Waals surface area (Å²) in [6.45, 7) is 0.195. The van der Waals surface area contributed by atoms with Gasteiger partial charge in [-0.1, -0.05) is 54.6 Å². The van der Waals surface area contributed by atoms with Crippen molar-refractivity contribution in [2.24, 2.45) is 0 Å². The summed E-state index contributed by atoms with van der Waals surface area (Å²) in [6, 6.07) is 24.7. The van der Waals surface area contributed by atoms with Crippen molar-refractivity contribution in [3.8, 4) is 16.9 Å². The molecular weight excluding hydrogens is 456 g/mol. The van der Waals surface area contributed by atoms with E-state index in [4.69, 9.17) is 0 Å². The van der Waals surface area contributed by atoms with Gasteiger partial charge in [0.15, 0.2) is 5.69 Å². The van der Waals surface area contributed by atoms with E-state index in [1.165, 1.54) is 4.90 Å². The zero-order valence-electron chi connectivity index (χ0n) is 19.6. The summed E-state index contributed by atoms with van der Waals surface area (Å²) >= 11 is 0. The first kappa shape index (κ1) is 23.0. The second-order valence-electron chi connectivity index (χ2n) is 8.58. The van der Waals surface area contributed by atoms with Gasteiger partial charge in [-0.3, -0.25) is 9.59 Å². The van der Waals surface area contributed by atoms with Crippen LogP contribution in [0.1, 0.15) is 32.0 Å². The molecule has 5 rings (SSSR count). The minimum absolute atomic E-state index is 0.148. The standard InChI is InChI=1S/C28H24N4O4/c1-29-26(33)19-11-13-22(14-12-19)32-24(18-7-3-2-4-8-18)16-23(30-32)27(34)31-17-21-10-6-5-9-20(21)15-25(31)28(35)36/h2-14,16,25H,15,17H2,1H3,(H,29,33)(H,35,36)/t25-/m0/s1. The molecule has 1 aromatic heterocycles. The summed E-state index contributed by atoms with van der Waals surface area (Å²) in [5, 5.41) is 17.1. The first-order chi connectivity index (χ1) is 17.5. The lowest BCUT2D eigenvalue weighted by Crippen LogP contribution is -2.48. The van der Waals surface area contributed by atoms with E-state index >= 15 is 0 Å². The lowest BCUT2D eigenvalue weighted by molar-refractivity contribution is -0.142. The van der Waals surface area contributed by atoms with Crippen LogP contribution in [0.2, 0.25) is 0 Å². The molecule has 0 radical (unpaired) electrons. The number of fused-ring (bicyclic) bond motifs is 1. The molecule has 1 aliphatic heterocycles. The third kappa shape index (κ3) is 4.24. The van der Waals surface area contributed by atoms with Crippen molar-refractivity contribution in [3.05, 3.63) is 107 Å². The fourth-order valence-electron chi connectivity index (χ4n) is 4.50. The number of hydrogen-bond donors (Lipinski definition) is 2. The van der Waals surface area contributed by atoms with Crippen molar-refractivity contribution in [3.63, 3.8) is 0 Å². The third-order valence-corrected chi connectivity index (χ3v) is 6.39. The highest BCUT2D eigenvalue weighted by Crippen LogP contribution is 2.28. The first-order valence-electron chi connectivity index (χ1n) is 11.5. The Bertz CT molecular complexity index is 1440. The molecule has 3 aromatic carbocycles. The zero-order chi connectivity index (χ0) is 25.2. The van der Waals surface area contributed by atoms with Gasteiger partial charge in [0.2, 0.25) is 0 Å². The molecule has 2 N–H and O–H groups in total. The van der Waals surface area contributed by atoms with Crippen LogP contribution in [-0.4, -0.2) is 50.7 Å². The number of carboxylic acid groups (broad SMARTS) is 1. The van der Waals surface area contributed by atoms with E-state index in [9.17, 15) is 19.5 Å². The molecule has 0 saturated heterocycles. The van der Waals surface area contributed by atoms with Gasteiger partial charge in [-0.15, -0.1) is 0 Å². The minimum atomic E-state index is -1.05. The predicted octanol–water partition coefficient (Wildman–Crippen LogP) is 3.55. The molecule has 0 bridgehead atoms. The van der Waals surface area contributed by atoms with E-state index in [-0.39, 0.29) is 24.6 Å². The molecule has 0 aliphatic carbocycles. The Hall–Kier alpha value is -4.72. The lowest BCUT2D eigenvalue weighted by Gasteiger charge is -2.34. The molecule has 180 valence electrons. The number of aliphatic carboxylic acids is 1. The quantitative estimate of drug-likeness (QED) is 0.455. The molecule has 36 heavy (non-hydrogen) atoms. The Labute approximate surface area is 207 Å². The SMILES string of the molecule is CNC(=O)c1ccc(-n2nc(C(=O)N3Cc4ccccc4C[C@H]3C(=O)O)cc2-c2ccccc2)cc1. The van der Waals surface area contributed by atoms with Crippen LogP contribution in [0, 0.1) is 0 Å². The third-order valence-electron chi connectivity index (χ3n) is 6.39. The van der Waals surface area contributed by atoms with Crippen molar-refractivity contribution in [2.45, 2.75) is 19.0 Å². The monoisotopic (exact) mass is 480 g/mol. The maximum absolute atomic E-state index is 13.7. The van der Waals surface area contributed by atoms with E-state index in [1.807, 2.05) is 54.6 Å². The number of carbonyl (C=O) groups is 3. The Morgan fingerprint density at radius 3 is 2.25 bits per heavy atom. The van der Waals surface area contributed by atoms with Crippen LogP contribution in [0.25, 0.3) is 16.9 Å². The lowest BCUT2D eigenvalue weighted by atomic mass is 9.93. The van der Waals surface area contributed by atoms with Gasteiger partial charge in [0.1, 0.15) is 6.04 Å². The highest BCUT2D eigenvalue weighted by atomic mass is 16.4. The Morgan fingerprint density at radius 2 is 1.58 bits per heavy atom. The number of nitrogens with zero attached hydrogens (tertiary/aromatic N) is 3. The summed E-state index contributed by atoms with van der Waals surface area (Å²) in [5.74, 6) is -1.70. The molecule has 0 unspecified atom stereocenters. The van der Waals surface area contributed by atoms with Gasteiger partial charge < -0.3 is 15.3 Å². The van der Waals surface area contributed by atoms with E-state index < -0.39 is 17.9 Å². The molecule has 2 heterocycles. The number of nitrogens with one attached hydrogen (secondary N) is 1. The number of carboxylic acids is 1. The fraction of sp³-hybridized carbons (Fsp3) is 0.143. The van der Waals surface area contributed by atoms with Crippen LogP contribution >= 0.6 is 0 Å². The number of aromatic nitrogens is 2. The van der Waals surface area contributed by atoms with Gasteiger partial charge in [-0.25, -0.2) is 9.48 Å². The second-order valence-corrected chi connectivity index (χ2v) is 8.58. The first-order valence-corrected chi connectivity index (χ1v) is 11.5. The number of amides is 2. The van der Waals surface area contributed by atoms with Crippen LogP contribution in [0.15, 0.2) is 84.9 Å². The van der Waals surface area contributed by atoms with Crippen molar-refractivity contribution in [1.82, 2.24) is 20.0 Å². The highest BCUT2D eigenvalue weighted by molar-refractivity contribution is 5.97. The normalized spacial score (nSPS) is 14.7. The number of benzene rings is 3. The van der Waals surface area contributed by atoms with Crippen molar-refractivity contribution >= 4 is 17.8 Å². The van der Waals surface area contributed by atoms with Crippen LogP contribution in [-0.2, 0) is 17.8 Å². The number of hydrogen-bond acceptors (Lipinski definition) is 4. The van der Waals surface area contributed by atoms with Gasteiger partial charge in [-0.05, 0) is 41.5 Å². The molecule has 8 heteroatoms. The van der Waals surface area contributed by atoms with Crippen molar-refractivity contribution < 1.29 is 19.5 Å². The van der Waals surface area contributed by atoms with E-state index in [0.29, 0.717) is 16.9 Å². The van der Waals surface area contributed by atoms with Gasteiger partial charge in [0.25, 0.3) is 11.8 Å². The van der Waals surface area contributed by atoms with Gasteiger partial charge >= 0.3 is 5.97 Å². The summed E-state index contributed by atoms with van der Waals surface area (Å²) in [5.41, 5.74) is 4.70. The van der Waals surface area contributed by atoms with E-state index in [0.717, 1.165) is 16.7 Å². The average molecular weight is 481 g/mol. The molecule has 8 nitrogen and oxygen atoms in total. The maximum atomic E-state index is 13.7. The molecule has 1 aliphatic rings. The summed E-state index contributed by atoms with van der Waals surface area (Å²) in [7, 11) is 1.57. The zero-order valence-corrected chi connectivity index (χ0v) is 19.6. The fourth-order valence-corrected chi connectivity index (χ4v) is 4.50. The molecule has 0 saturated carbocycles. The largest absolute Gasteiger partial charge is 0.480 e. The molecule has 2 amide bonds. The van der Waals surface area contributed by atoms with Crippen LogP contribution in [0.4, 0.5) is 0 Å². The summed E-state index contributed by atoms with van der Waals surface area (Å²) < 4.78 is 1.64. The molecule has 4 aromatic rings. The Morgan fingerprint density at radius 1 is 0.917 bits per heavy atom. The number of rotatable bonds is 5. The molecule has 0 spiro atoms. The summed E-state index contributed by atoms with van der Waals surface area (Å²) in [4.78, 5) is 39.1. The Balaban J connectivity index is 1.56. The predicted molar refractivity (Wildman–Crippen MR) is 134 cm³/mol. The van der Waals surface area contributed by atoms with Gasteiger partial charge in [-0.2, -0.15) is 5.10 Å². The molecule has 0 fully saturated rings. The van der Waals surface area contributed by atoms with Crippen LogP contribution < -0.4 is 5.32 Å². The van der Waals surface area contributed by atoms with Crippen LogP contribution in [0.5, 0.6) is 0 Å². The smallest absolute Gasteiger partial charge is 0.326 e. The molecular formula is C28H24N4O4. The minimum Gasteiger partial charge on any atom is -0.480 e. The van der Waals surface area contributed by atoms with E-state index in [2.05, 4.69) is 10.4 Å². The topological polar surface area (TPSA) is 105 Å². The van der Waals surface area contributed by atoms with Gasteiger partial charge in [0, 0.05) is 31.1 Å². The highest BCUT2D eigenvalue weighted by Gasteiger charge is 2.36.